The number of fused-ring (bicyclic) bond motifs is 1. The van der Waals surface area contributed by atoms with Gasteiger partial charge in [0.1, 0.15) is 0 Å². The Labute approximate surface area is 109 Å². The molecule has 0 aliphatic rings. The van der Waals surface area contributed by atoms with E-state index in [2.05, 4.69) is 0 Å². The summed E-state index contributed by atoms with van der Waals surface area (Å²) in [5, 5.41) is 0. The van der Waals surface area contributed by atoms with Crippen molar-refractivity contribution in [3.63, 3.8) is 0 Å². The van der Waals surface area contributed by atoms with Crippen LogP contribution in [0.1, 0.15) is 17.3 Å². The number of rotatable bonds is 2. The van der Waals surface area contributed by atoms with E-state index in [1.165, 1.54) is 11.5 Å². The molecule has 0 aliphatic carbocycles. The van der Waals surface area contributed by atoms with Gasteiger partial charge in [0.25, 0.3) is 0 Å². The van der Waals surface area contributed by atoms with Crippen molar-refractivity contribution in [2.45, 2.75) is 6.92 Å². The highest BCUT2D eigenvalue weighted by atomic mass is 16.1. The number of nitrogens with zero attached hydrogens (tertiary/aromatic N) is 2. The van der Waals surface area contributed by atoms with Crippen molar-refractivity contribution < 1.29 is 4.79 Å². The van der Waals surface area contributed by atoms with Crippen LogP contribution in [0.3, 0.4) is 0 Å². The van der Waals surface area contributed by atoms with Crippen LogP contribution in [0.25, 0.3) is 11.2 Å². The van der Waals surface area contributed by atoms with E-state index in [9.17, 15) is 9.59 Å². The zero-order valence-corrected chi connectivity index (χ0v) is 10.4. The van der Waals surface area contributed by atoms with Gasteiger partial charge in [-0.25, -0.2) is 4.79 Å². The number of benzene rings is 1. The highest BCUT2D eigenvalue weighted by molar-refractivity contribution is 5.94. The van der Waals surface area contributed by atoms with Crippen LogP contribution in [0.5, 0.6) is 0 Å². The third-order valence-corrected chi connectivity index (χ3v) is 3.12. The summed E-state index contributed by atoms with van der Waals surface area (Å²) in [7, 11) is 0. The van der Waals surface area contributed by atoms with E-state index in [-0.39, 0.29) is 11.5 Å². The lowest BCUT2D eigenvalue weighted by Gasteiger charge is -2.07. The molecule has 4 heteroatoms. The van der Waals surface area contributed by atoms with Gasteiger partial charge in [-0.3, -0.25) is 13.8 Å². The summed E-state index contributed by atoms with van der Waals surface area (Å²) in [6, 6.07) is 12.6. The third-order valence-electron chi connectivity index (χ3n) is 3.12. The first-order chi connectivity index (χ1) is 9.16. The van der Waals surface area contributed by atoms with Crippen molar-refractivity contribution >= 4 is 11.3 Å². The number of ketones is 1. The molecule has 0 fully saturated rings. The minimum atomic E-state index is -0.150. The van der Waals surface area contributed by atoms with Gasteiger partial charge in [-0.05, 0) is 37.3 Å². The number of hydrogen-bond donors (Lipinski definition) is 0. The standard InChI is InChI=1S/C15H12N2O2/c1-11(18)12-4-2-5-14(10-12)17-9-7-13-6-3-8-16(13)15(17)19/h2-10H,1H3. The van der Waals surface area contributed by atoms with Crippen LogP contribution >= 0.6 is 0 Å². The van der Waals surface area contributed by atoms with Gasteiger partial charge in [0.15, 0.2) is 5.78 Å². The van der Waals surface area contributed by atoms with E-state index in [0.717, 1.165) is 5.52 Å². The molecule has 0 radical (unpaired) electrons. The summed E-state index contributed by atoms with van der Waals surface area (Å²) < 4.78 is 3.10. The van der Waals surface area contributed by atoms with Gasteiger partial charge in [0.05, 0.1) is 11.2 Å². The molecule has 0 saturated carbocycles. The van der Waals surface area contributed by atoms with E-state index in [1.54, 1.807) is 35.0 Å². The first-order valence-corrected chi connectivity index (χ1v) is 5.97. The molecule has 4 nitrogen and oxygen atoms in total. The monoisotopic (exact) mass is 252 g/mol. The van der Waals surface area contributed by atoms with Crippen molar-refractivity contribution in [2.75, 3.05) is 0 Å². The molecule has 94 valence electrons. The number of hydrogen-bond acceptors (Lipinski definition) is 2. The molecule has 0 amide bonds. The van der Waals surface area contributed by atoms with E-state index >= 15 is 0 Å². The molecule has 2 aromatic heterocycles. The summed E-state index contributed by atoms with van der Waals surface area (Å²) >= 11 is 0. The smallest absolute Gasteiger partial charge is 0.295 e. The van der Waals surface area contributed by atoms with Gasteiger partial charge >= 0.3 is 5.69 Å². The van der Waals surface area contributed by atoms with Crippen LogP contribution in [0.4, 0.5) is 0 Å². The SMILES string of the molecule is CC(=O)c1cccc(-n2ccc3cccn3c2=O)c1. The van der Waals surface area contributed by atoms with Crippen LogP contribution in [0.15, 0.2) is 59.7 Å². The second-order valence-corrected chi connectivity index (χ2v) is 4.38. The Morgan fingerprint density at radius 2 is 1.89 bits per heavy atom. The minimum absolute atomic E-state index is 0.0167. The maximum Gasteiger partial charge on any atom is 0.337 e. The summed E-state index contributed by atoms with van der Waals surface area (Å²) in [6.45, 7) is 1.51. The molecule has 0 bridgehead atoms. The van der Waals surface area contributed by atoms with Gasteiger partial charge in [0.2, 0.25) is 0 Å². The van der Waals surface area contributed by atoms with Crippen LogP contribution < -0.4 is 5.69 Å². The first kappa shape index (κ1) is 11.5. The quantitative estimate of drug-likeness (QED) is 0.657. The fourth-order valence-corrected chi connectivity index (χ4v) is 2.11. The van der Waals surface area contributed by atoms with E-state index in [1.807, 2.05) is 24.3 Å². The van der Waals surface area contributed by atoms with E-state index < -0.39 is 0 Å². The van der Waals surface area contributed by atoms with E-state index in [0.29, 0.717) is 11.3 Å². The molecule has 1 aromatic carbocycles. The molecule has 0 aliphatic heterocycles. The summed E-state index contributed by atoms with van der Waals surface area (Å²) in [5.74, 6) is -0.0167. The Morgan fingerprint density at radius 3 is 2.68 bits per heavy atom. The summed E-state index contributed by atoms with van der Waals surface area (Å²) in [4.78, 5) is 23.7. The maximum absolute atomic E-state index is 12.3. The van der Waals surface area contributed by atoms with Gasteiger partial charge in [0, 0.05) is 18.0 Å². The topological polar surface area (TPSA) is 43.5 Å². The Bertz CT molecular complexity index is 827. The van der Waals surface area contributed by atoms with Crippen LogP contribution in [0.2, 0.25) is 0 Å². The number of carbonyl (C=O) groups is 1. The molecule has 0 spiro atoms. The van der Waals surface area contributed by atoms with Gasteiger partial charge < -0.3 is 0 Å². The largest absolute Gasteiger partial charge is 0.337 e. The van der Waals surface area contributed by atoms with Gasteiger partial charge in [-0.15, -0.1) is 0 Å². The Morgan fingerprint density at radius 1 is 1.05 bits per heavy atom. The average Bonchev–Trinajstić information content (AvgIpc) is 2.88. The molecule has 0 unspecified atom stereocenters. The Kier molecular flexibility index (Phi) is 2.56. The Balaban J connectivity index is 2.24. The highest BCUT2D eigenvalue weighted by Gasteiger charge is 2.05. The zero-order valence-electron chi connectivity index (χ0n) is 10.4. The van der Waals surface area contributed by atoms with Crippen molar-refractivity contribution in [3.05, 3.63) is 70.9 Å². The number of aromatic nitrogens is 2. The van der Waals surface area contributed by atoms with Gasteiger partial charge in [-0.2, -0.15) is 0 Å². The molecule has 2 heterocycles. The highest BCUT2D eigenvalue weighted by Crippen LogP contribution is 2.10. The predicted molar refractivity (Wildman–Crippen MR) is 73.0 cm³/mol. The van der Waals surface area contributed by atoms with Crippen molar-refractivity contribution in [2.24, 2.45) is 0 Å². The molecule has 0 saturated heterocycles. The fraction of sp³-hybridized carbons (Fsp3) is 0.0667. The molecule has 19 heavy (non-hydrogen) atoms. The van der Waals surface area contributed by atoms with Crippen LogP contribution in [-0.4, -0.2) is 14.8 Å². The molecular formula is C15H12N2O2. The normalized spacial score (nSPS) is 10.8. The molecule has 0 atom stereocenters. The lowest BCUT2D eigenvalue weighted by atomic mass is 10.1. The third kappa shape index (κ3) is 1.87. The van der Waals surface area contributed by atoms with Gasteiger partial charge in [-0.1, -0.05) is 12.1 Å². The zero-order chi connectivity index (χ0) is 13.4. The summed E-state index contributed by atoms with van der Waals surface area (Å²) in [5.41, 5.74) is 1.98. The second-order valence-electron chi connectivity index (χ2n) is 4.38. The molecular weight excluding hydrogens is 240 g/mol. The molecule has 3 aromatic rings. The fourth-order valence-electron chi connectivity index (χ4n) is 2.11. The van der Waals surface area contributed by atoms with Crippen molar-refractivity contribution in [1.82, 2.24) is 8.97 Å². The van der Waals surface area contributed by atoms with Crippen LogP contribution in [-0.2, 0) is 0 Å². The minimum Gasteiger partial charge on any atom is -0.295 e. The maximum atomic E-state index is 12.3. The lowest BCUT2D eigenvalue weighted by molar-refractivity contribution is 0.101. The summed E-state index contributed by atoms with van der Waals surface area (Å²) in [6.07, 6.45) is 3.44. The van der Waals surface area contributed by atoms with E-state index in [4.69, 9.17) is 0 Å². The number of carbonyl (C=O) groups excluding carboxylic acids is 1. The number of Topliss-reactive ketones (excluding diaryl/α,β-unsaturated/α-hetero) is 1. The Hall–Kier alpha value is -2.62. The molecule has 0 N–H and O–H groups in total. The second kappa shape index (κ2) is 4.24. The van der Waals surface area contributed by atoms with Crippen molar-refractivity contribution in [1.29, 1.82) is 0 Å². The van der Waals surface area contributed by atoms with Crippen LogP contribution in [0, 0.1) is 0 Å². The predicted octanol–water partition coefficient (Wildman–Crippen LogP) is 2.29. The van der Waals surface area contributed by atoms with Crippen molar-refractivity contribution in [3.8, 4) is 5.69 Å². The average molecular weight is 252 g/mol. The first-order valence-electron chi connectivity index (χ1n) is 5.97. The molecule has 3 rings (SSSR count). The lowest BCUT2D eigenvalue weighted by Crippen LogP contribution is -2.24.